The van der Waals surface area contributed by atoms with Crippen LogP contribution in [-0.2, 0) is 80.6 Å². The predicted molar refractivity (Wildman–Crippen MR) is 276 cm³/mol. The van der Waals surface area contributed by atoms with E-state index in [0.717, 1.165) is 49.7 Å². The summed E-state index contributed by atoms with van der Waals surface area (Å²) in [7, 11) is 0. The lowest BCUT2D eigenvalue weighted by Gasteiger charge is -2.54. The second-order valence-corrected chi connectivity index (χ2v) is 28.1. The number of hydrogen-bond acceptors (Lipinski definition) is 19. The number of ether oxygens (including phenoxy) is 16. The van der Waals surface area contributed by atoms with Crippen molar-refractivity contribution < 1.29 is 90.8 Å². The van der Waals surface area contributed by atoms with Gasteiger partial charge in [-0.3, -0.25) is 4.79 Å². The van der Waals surface area contributed by atoms with E-state index in [1.54, 1.807) is 0 Å². The van der Waals surface area contributed by atoms with Gasteiger partial charge < -0.3 is 86.0 Å². The topological polar surface area (TPSA) is 205 Å². The molecule has 0 aromatic rings. The summed E-state index contributed by atoms with van der Waals surface area (Å²) >= 11 is 0. The number of carbonyl (C=O) groups is 1. The zero-order valence-electron chi connectivity index (χ0n) is 47.0. The minimum absolute atomic E-state index is 0.0140. The van der Waals surface area contributed by atoms with E-state index in [9.17, 15) is 15.0 Å². The Morgan fingerprint density at radius 2 is 1.18 bits per heavy atom. The van der Waals surface area contributed by atoms with E-state index >= 15 is 0 Å². The van der Waals surface area contributed by atoms with Gasteiger partial charge in [0, 0.05) is 69.6 Å². The van der Waals surface area contributed by atoms with Crippen LogP contribution in [0.1, 0.15) is 137 Å². The van der Waals surface area contributed by atoms with Crippen molar-refractivity contribution in [2.75, 3.05) is 13.2 Å². The maximum Gasteiger partial charge on any atom is 0.308 e. The lowest BCUT2D eigenvalue weighted by molar-refractivity contribution is -0.370. The van der Waals surface area contributed by atoms with Crippen LogP contribution in [0.2, 0.25) is 0 Å². The maximum atomic E-state index is 14.6. The summed E-state index contributed by atoms with van der Waals surface area (Å²) < 4.78 is 110. The lowest BCUT2D eigenvalue weighted by atomic mass is 9.77. The Labute approximate surface area is 469 Å². The number of hydrogen-bond donors (Lipinski definition) is 2. The molecule has 0 aromatic carbocycles. The number of aliphatic hydroxyl groups is 2. The molecule has 17 heterocycles. The Morgan fingerprint density at radius 3 is 2.04 bits per heavy atom. The largest absolute Gasteiger partial charge is 0.459 e. The summed E-state index contributed by atoms with van der Waals surface area (Å²) in [5.74, 6) is -2.91. The van der Waals surface area contributed by atoms with E-state index in [1.165, 1.54) is 0 Å². The standard InChI is InChI=1S/C61H86O19/c1-26-13-32-7-9-37-27(2)14-34(66-37)11-12-59-22-46-55(79-59)56-57(72-46)58(80-59)54-38(70-56)10-8-33(68-54)15-48(64)73-52-31(6)51-43(69-42(52)16-39(67-32)30(26)5)17-40-45(71-51)21-61(75-40)23-47-50(78-61)29(4)20-60(77-47)19-28(3)49-44(76-60)18-41-53(74-49)35(25-65-41)36(63)24-62/h26,28-29,31-47,49-58,62-63H,2,5,7-25H2,1,3-4,6H3/t26-,28+,29+,31+,32+,33-,34+,35-,36+,37+,38+,39-,40-,41-,42+,43+,44+,45-,46+,47+,49+,50+,51+,52-,53-,54+,55?,56+,57-,58+,59+,60-,61+/m1/s1. The molecule has 33 atom stereocenters. The first-order valence-electron chi connectivity index (χ1n) is 31.3. The molecule has 17 aliphatic rings. The summed E-state index contributed by atoms with van der Waals surface area (Å²) in [5.41, 5.74) is 2.16. The molecule has 0 aliphatic carbocycles. The summed E-state index contributed by atoms with van der Waals surface area (Å²) in [6, 6.07) is 0. The molecule has 19 heteroatoms. The molecule has 17 aliphatic heterocycles. The fourth-order valence-electron chi connectivity index (χ4n) is 18.9. The van der Waals surface area contributed by atoms with Crippen molar-refractivity contribution >= 4 is 5.97 Å². The molecule has 80 heavy (non-hydrogen) atoms. The molecule has 17 rings (SSSR count). The average molecular weight is 1120 g/mol. The number of esters is 1. The smallest absolute Gasteiger partial charge is 0.308 e. The van der Waals surface area contributed by atoms with Crippen LogP contribution in [0.4, 0.5) is 0 Å². The van der Waals surface area contributed by atoms with Crippen LogP contribution in [0.5, 0.6) is 0 Å². The Bertz CT molecular complexity index is 2410. The Morgan fingerprint density at radius 1 is 0.500 bits per heavy atom. The molecule has 0 saturated carbocycles. The van der Waals surface area contributed by atoms with Gasteiger partial charge in [0.2, 0.25) is 0 Å². The van der Waals surface area contributed by atoms with Crippen LogP contribution in [0, 0.1) is 29.6 Å². The van der Waals surface area contributed by atoms with Crippen LogP contribution < -0.4 is 0 Å². The van der Waals surface area contributed by atoms with Crippen LogP contribution in [-0.4, -0.2) is 199 Å². The van der Waals surface area contributed by atoms with Gasteiger partial charge in [0.05, 0.1) is 136 Å². The first kappa shape index (κ1) is 53.7. The fraction of sp³-hybridized carbons (Fsp3) is 0.918. The van der Waals surface area contributed by atoms with Crippen molar-refractivity contribution in [3.63, 3.8) is 0 Å². The summed E-state index contributed by atoms with van der Waals surface area (Å²) in [5, 5.41) is 20.3. The molecule has 0 amide bonds. The molecule has 17 fully saturated rings. The second-order valence-electron chi connectivity index (χ2n) is 28.1. The minimum atomic E-state index is -0.908. The number of carbonyl (C=O) groups excluding carboxylic acids is 1. The molecular formula is C61H86O19. The molecule has 2 N–H and O–H groups in total. The van der Waals surface area contributed by atoms with Crippen LogP contribution >= 0.6 is 0 Å². The Kier molecular flexibility index (Phi) is 13.4. The van der Waals surface area contributed by atoms with Crippen molar-refractivity contribution in [3.05, 3.63) is 24.3 Å². The lowest BCUT2D eigenvalue weighted by Crippen LogP contribution is -2.62. The fourth-order valence-corrected chi connectivity index (χ4v) is 18.9. The van der Waals surface area contributed by atoms with Crippen molar-refractivity contribution in [1.29, 1.82) is 0 Å². The van der Waals surface area contributed by atoms with Gasteiger partial charge in [0.15, 0.2) is 17.4 Å². The van der Waals surface area contributed by atoms with Crippen molar-refractivity contribution in [1.82, 2.24) is 0 Å². The maximum absolute atomic E-state index is 14.6. The van der Waals surface area contributed by atoms with Gasteiger partial charge in [-0.15, -0.1) is 0 Å². The summed E-state index contributed by atoms with van der Waals surface area (Å²) in [6.07, 6.45) is 3.77. The first-order valence-corrected chi connectivity index (χ1v) is 31.3. The summed E-state index contributed by atoms with van der Waals surface area (Å²) in [6.45, 7) is 18.0. The van der Waals surface area contributed by atoms with Crippen LogP contribution in [0.15, 0.2) is 24.3 Å². The molecule has 444 valence electrons. The van der Waals surface area contributed by atoms with E-state index in [4.69, 9.17) is 75.8 Å². The third-order valence-electron chi connectivity index (χ3n) is 22.7. The van der Waals surface area contributed by atoms with Gasteiger partial charge in [-0.25, -0.2) is 0 Å². The van der Waals surface area contributed by atoms with Gasteiger partial charge in [-0.05, 0) is 73.8 Å². The molecule has 0 aromatic heterocycles. The van der Waals surface area contributed by atoms with Crippen molar-refractivity contribution in [3.8, 4) is 0 Å². The van der Waals surface area contributed by atoms with Gasteiger partial charge in [-0.1, -0.05) is 40.9 Å². The van der Waals surface area contributed by atoms with Gasteiger partial charge in [-0.2, -0.15) is 0 Å². The minimum Gasteiger partial charge on any atom is -0.459 e. The van der Waals surface area contributed by atoms with E-state index in [1.807, 2.05) is 0 Å². The van der Waals surface area contributed by atoms with E-state index in [-0.39, 0.29) is 165 Å². The first-order chi connectivity index (χ1) is 38.6. The normalized spacial score (nSPS) is 58.9. The zero-order chi connectivity index (χ0) is 54.3. The van der Waals surface area contributed by atoms with Gasteiger partial charge in [0.1, 0.15) is 36.6 Å². The Balaban J connectivity index is 0.628. The quantitative estimate of drug-likeness (QED) is 0.270. The molecule has 3 spiro atoms. The van der Waals surface area contributed by atoms with Crippen molar-refractivity contribution in [2.45, 2.75) is 307 Å². The van der Waals surface area contributed by atoms with Crippen molar-refractivity contribution in [2.24, 2.45) is 29.6 Å². The highest BCUT2D eigenvalue weighted by atomic mass is 16.8. The number of aliphatic hydroxyl groups excluding tert-OH is 2. The van der Waals surface area contributed by atoms with Gasteiger partial charge in [0.25, 0.3) is 0 Å². The average Bonchev–Trinajstić information content (AvgIpc) is 3.65. The molecule has 12 bridgehead atoms. The number of rotatable bonds is 2. The molecule has 19 nitrogen and oxygen atoms in total. The molecule has 1 unspecified atom stereocenters. The van der Waals surface area contributed by atoms with Gasteiger partial charge >= 0.3 is 5.97 Å². The zero-order valence-corrected chi connectivity index (χ0v) is 47.0. The molecule has 0 radical (unpaired) electrons. The molecular weight excluding hydrogens is 1040 g/mol. The van der Waals surface area contributed by atoms with Crippen LogP contribution in [0.3, 0.4) is 0 Å². The molecule has 17 saturated heterocycles. The highest BCUT2D eigenvalue weighted by Crippen LogP contribution is 2.58. The van der Waals surface area contributed by atoms with E-state index in [0.29, 0.717) is 70.8 Å². The monoisotopic (exact) mass is 1120 g/mol. The SMILES string of the molecule is C=C1C[C@@H]2CC[C@@]34C[C@@H]5O[C@H]6[C@@H](O3)[C@H]3O[C@H](CC[C@@H]3O[C@H]6C5O4)CC(=O)O[C@@H]3[C@@H](C)[C@@H]4O[C@@H]5C[C@]6(C[C@@H]7O[C@]8(C[C@H](C)[C@@H]9O[C@@H]%10[C@@H]([C@@H](O)CO)CO[C@@H]%10C[C@@H]9O8)C[C@H](C)[C@@H]7O6)O[C@@H]5C[C@@H]4O[C@H]3C[C@H]3O[C@@H](CC[C@@H]1O2)C[C@@H](C)C3=C. The predicted octanol–water partition coefficient (Wildman–Crippen LogP) is 5.19. The number of fused-ring (bicyclic) bond motifs is 11. The highest BCUT2D eigenvalue weighted by Gasteiger charge is 2.70. The third-order valence-corrected chi connectivity index (χ3v) is 22.7. The summed E-state index contributed by atoms with van der Waals surface area (Å²) in [4.78, 5) is 14.6. The van der Waals surface area contributed by atoms with Crippen LogP contribution in [0.25, 0.3) is 0 Å². The second kappa shape index (κ2) is 19.9. The Hall–Kier alpha value is -1.73. The van der Waals surface area contributed by atoms with E-state index < -0.39 is 54.0 Å². The van der Waals surface area contributed by atoms with E-state index in [2.05, 4.69) is 40.9 Å². The third kappa shape index (κ3) is 8.91. The highest BCUT2D eigenvalue weighted by molar-refractivity contribution is 5.70.